The average Bonchev–Trinajstić information content (AvgIpc) is 3.10. The molecule has 0 spiro atoms. The van der Waals surface area contributed by atoms with Gasteiger partial charge in [-0.3, -0.25) is 0 Å². The molecule has 0 aliphatic rings. The molecular weight excluding hydrogens is 344 g/mol. The van der Waals surface area contributed by atoms with Crippen molar-refractivity contribution in [2.24, 2.45) is 0 Å². The van der Waals surface area contributed by atoms with Crippen LogP contribution in [0.1, 0.15) is 0 Å². The van der Waals surface area contributed by atoms with Crippen LogP contribution in [0.5, 0.6) is 0 Å². The van der Waals surface area contributed by atoms with Crippen LogP contribution in [0, 0.1) is 23.3 Å². The Morgan fingerprint density at radius 3 is 2.33 bits per heavy atom. The van der Waals surface area contributed by atoms with Gasteiger partial charge in [-0.1, -0.05) is 11.3 Å². The highest BCUT2D eigenvalue weighted by molar-refractivity contribution is 7.19. The molecule has 4 aromatic rings. The minimum absolute atomic E-state index is 0.00739. The fraction of sp³-hybridized carbons (Fsp3) is 0. The van der Waals surface area contributed by atoms with Crippen molar-refractivity contribution < 1.29 is 17.6 Å². The average molecular weight is 350 g/mol. The monoisotopic (exact) mass is 350 g/mol. The van der Waals surface area contributed by atoms with E-state index in [9.17, 15) is 17.6 Å². The van der Waals surface area contributed by atoms with E-state index in [1.54, 1.807) is 0 Å². The molecule has 2 aromatic carbocycles. The number of rotatable bonds is 2. The Morgan fingerprint density at radius 1 is 0.792 bits per heavy atom. The van der Waals surface area contributed by atoms with Crippen molar-refractivity contribution in [3.8, 4) is 22.0 Å². The number of benzene rings is 2. The molecule has 0 bridgehead atoms. The molecule has 2 aromatic heterocycles. The van der Waals surface area contributed by atoms with Crippen molar-refractivity contribution in [1.82, 2.24) is 19.8 Å². The van der Waals surface area contributed by atoms with Crippen molar-refractivity contribution in [2.45, 2.75) is 0 Å². The Labute approximate surface area is 136 Å². The zero-order chi connectivity index (χ0) is 16.8. The number of aromatic nitrogens is 4. The van der Waals surface area contributed by atoms with Gasteiger partial charge in [0.05, 0.1) is 5.56 Å². The summed E-state index contributed by atoms with van der Waals surface area (Å²) in [5.74, 6) is -2.82. The zero-order valence-electron chi connectivity index (χ0n) is 11.7. The van der Waals surface area contributed by atoms with E-state index in [2.05, 4.69) is 15.3 Å². The summed E-state index contributed by atoms with van der Waals surface area (Å²) in [5.41, 5.74) is -0.0310. The lowest BCUT2D eigenvalue weighted by molar-refractivity contribution is 0.585. The molecule has 0 N–H and O–H groups in total. The summed E-state index contributed by atoms with van der Waals surface area (Å²) < 4.78 is 55.4. The van der Waals surface area contributed by atoms with Gasteiger partial charge < -0.3 is 0 Å². The van der Waals surface area contributed by atoms with Crippen molar-refractivity contribution in [3.05, 3.63) is 59.7 Å². The molecule has 0 radical (unpaired) electrons. The van der Waals surface area contributed by atoms with Gasteiger partial charge in [-0.05, 0) is 30.3 Å². The number of fused-ring (bicyclic) bond motifs is 1. The Bertz CT molecular complexity index is 1070. The fourth-order valence-electron chi connectivity index (χ4n) is 2.23. The minimum atomic E-state index is -0.779. The van der Waals surface area contributed by atoms with E-state index in [0.717, 1.165) is 41.7 Å². The quantitative estimate of drug-likeness (QED) is 0.512. The summed E-state index contributed by atoms with van der Waals surface area (Å²) in [6, 6.07) is 6.02. The van der Waals surface area contributed by atoms with Crippen LogP contribution in [0.25, 0.3) is 26.9 Å². The summed E-state index contributed by atoms with van der Waals surface area (Å²) >= 11 is 0.996. The number of nitrogens with zero attached hydrogens (tertiary/aromatic N) is 4. The summed E-state index contributed by atoms with van der Waals surface area (Å²) in [5, 5.41) is 12.0. The summed E-state index contributed by atoms with van der Waals surface area (Å²) in [4.78, 5) is 0.271. The van der Waals surface area contributed by atoms with Gasteiger partial charge in [-0.2, -0.15) is 9.61 Å². The number of hydrogen-bond donors (Lipinski definition) is 0. The largest absolute Gasteiger partial charge is 0.235 e. The second-order valence-corrected chi connectivity index (χ2v) is 5.83. The topological polar surface area (TPSA) is 43.1 Å². The summed E-state index contributed by atoms with van der Waals surface area (Å²) in [6.07, 6.45) is 0. The van der Waals surface area contributed by atoms with E-state index in [1.165, 1.54) is 10.6 Å². The SMILES string of the molecule is Fc1ccc(-c2nn3c(-c4cc(F)ccc4F)nnc3s2)c(F)c1. The molecule has 24 heavy (non-hydrogen) atoms. The first-order chi connectivity index (χ1) is 11.5. The van der Waals surface area contributed by atoms with Crippen LogP contribution in [0.15, 0.2) is 36.4 Å². The van der Waals surface area contributed by atoms with E-state index in [1.807, 2.05) is 0 Å². The molecule has 0 fully saturated rings. The second-order valence-electron chi connectivity index (χ2n) is 4.87. The van der Waals surface area contributed by atoms with E-state index < -0.39 is 23.3 Å². The Balaban J connectivity index is 1.89. The molecule has 4 nitrogen and oxygen atoms in total. The van der Waals surface area contributed by atoms with Gasteiger partial charge in [0.2, 0.25) is 4.96 Å². The molecule has 2 heterocycles. The first-order valence-electron chi connectivity index (χ1n) is 6.66. The molecule has 0 saturated heterocycles. The Kier molecular flexibility index (Phi) is 3.31. The molecule has 0 unspecified atom stereocenters. The molecule has 0 saturated carbocycles. The highest BCUT2D eigenvalue weighted by atomic mass is 32.1. The van der Waals surface area contributed by atoms with Crippen molar-refractivity contribution in [2.75, 3.05) is 0 Å². The number of halogens is 4. The molecule has 0 atom stereocenters. The van der Waals surface area contributed by atoms with Crippen LogP contribution >= 0.6 is 11.3 Å². The first kappa shape index (κ1) is 14.8. The standard InChI is InChI=1S/C15H6F4N4S/c16-7-2-4-11(18)10(5-7)13-20-21-15-23(13)22-14(24-15)9-3-1-8(17)6-12(9)19/h1-6H. The van der Waals surface area contributed by atoms with E-state index in [4.69, 9.17) is 0 Å². The minimum Gasteiger partial charge on any atom is -0.207 e. The lowest BCUT2D eigenvalue weighted by Crippen LogP contribution is -1.95. The zero-order valence-corrected chi connectivity index (χ0v) is 12.5. The third-order valence-corrected chi connectivity index (χ3v) is 4.25. The molecule has 0 aliphatic heterocycles. The van der Waals surface area contributed by atoms with Crippen LogP contribution in [-0.2, 0) is 0 Å². The lowest BCUT2D eigenvalue weighted by Gasteiger charge is -2.00. The van der Waals surface area contributed by atoms with E-state index in [0.29, 0.717) is 0 Å². The third kappa shape index (κ3) is 2.33. The lowest BCUT2D eigenvalue weighted by atomic mass is 10.2. The normalized spacial score (nSPS) is 11.3. The second kappa shape index (κ2) is 5.38. The predicted octanol–water partition coefficient (Wildman–Crippen LogP) is 4.08. The maximum absolute atomic E-state index is 13.9. The van der Waals surface area contributed by atoms with Crippen molar-refractivity contribution >= 4 is 16.3 Å². The molecule has 4 rings (SSSR count). The van der Waals surface area contributed by atoms with Gasteiger partial charge >= 0.3 is 0 Å². The summed E-state index contributed by atoms with van der Waals surface area (Å²) in [7, 11) is 0. The van der Waals surface area contributed by atoms with Crippen LogP contribution < -0.4 is 0 Å². The van der Waals surface area contributed by atoms with E-state index >= 15 is 0 Å². The van der Waals surface area contributed by atoms with Crippen LogP contribution in [0.2, 0.25) is 0 Å². The van der Waals surface area contributed by atoms with Gasteiger partial charge in [0.1, 0.15) is 23.3 Å². The highest BCUT2D eigenvalue weighted by Crippen LogP contribution is 2.30. The van der Waals surface area contributed by atoms with Gasteiger partial charge in [-0.25, -0.2) is 17.6 Å². The third-order valence-electron chi connectivity index (χ3n) is 3.32. The van der Waals surface area contributed by atoms with Gasteiger partial charge in [-0.15, -0.1) is 10.2 Å². The Morgan fingerprint density at radius 2 is 1.54 bits per heavy atom. The smallest absolute Gasteiger partial charge is 0.207 e. The van der Waals surface area contributed by atoms with Crippen molar-refractivity contribution in [1.29, 1.82) is 0 Å². The van der Waals surface area contributed by atoms with Gasteiger partial charge in [0, 0.05) is 11.6 Å². The van der Waals surface area contributed by atoms with E-state index in [-0.39, 0.29) is 26.9 Å². The molecular formula is C15H6F4N4S. The highest BCUT2D eigenvalue weighted by Gasteiger charge is 2.19. The molecule has 0 amide bonds. The summed E-state index contributed by atoms with van der Waals surface area (Å²) in [6.45, 7) is 0. The molecule has 120 valence electrons. The van der Waals surface area contributed by atoms with Gasteiger partial charge in [0.25, 0.3) is 0 Å². The van der Waals surface area contributed by atoms with Crippen LogP contribution in [0.4, 0.5) is 17.6 Å². The maximum atomic E-state index is 13.9. The predicted molar refractivity (Wildman–Crippen MR) is 79.4 cm³/mol. The number of hydrogen-bond acceptors (Lipinski definition) is 4. The fourth-order valence-corrected chi connectivity index (χ4v) is 3.09. The molecule has 0 aliphatic carbocycles. The van der Waals surface area contributed by atoms with Gasteiger partial charge in [0.15, 0.2) is 10.8 Å². The van der Waals surface area contributed by atoms with Crippen LogP contribution in [0.3, 0.4) is 0 Å². The maximum Gasteiger partial charge on any atom is 0.235 e. The first-order valence-corrected chi connectivity index (χ1v) is 7.47. The van der Waals surface area contributed by atoms with Crippen LogP contribution in [-0.4, -0.2) is 19.8 Å². The molecule has 9 heteroatoms. The van der Waals surface area contributed by atoms with Crippen molar-refractivity contribution in [3.63, 3.8) is 0 Å². The Hall–Kier alpha value is -2.81.